The number of esters is 1. The fourth-order valence-electron chi connectivity index (χ4n) is 2.36. The van der Waals surface area contributed by atoms with E-state index in [1.54, 1.807) is 7.11 Å². The van der Waals surface area contributed by atoms with Crippen molar-refractivity contribution >= 4 is 5.97 Å². The van der Waals surface area contributed by atoms with E-state index in [1.807, 2.05) is 13.8 Å². The summed E-state index contributed by atoms with van der Waals surface area (Å²) >= 11 is 0. The van der Waals surface area contributed by atoms with Gasteiger partial charge in [-0.05, 0) is 13.8 Å². The zero-order chi connectivity index (χ0) is 13.3. The molecular formula is C12H20O6. The molecule has 0 radical (unpaired) electrons. The van der Waals surface area contributed by atoms with Crippen molar-refractivity contribution in [2.24, 2.45) is 0 Å². The number of carbonyl (C=O) groups is 1. The summed E-state index contributed by atoms with van der Waals surface area (Å²) in [5.41, 5.74) is 0. The Morgan fingerprint density at radius 1 is 1.33 bits per heavy atom. The van der Waals surface area contributed by atoms with Gasteiger partial charge in [-0.2, -0.15) is 0 Å². The van der Waals surface area contributed by atoms with E-state index in [0.29, 0.717) is 13.2 Å². The highest BCUT2D eigenvalue weighted by molar-refractivity contribution is 5.66. The van der Waals surface area contributed by atoms with Gasteiger partial charge in [0.15, 0.2) is 11.9 Å². The molecule has 2 rings (SSSR count). The van der Waals surface area contributed by atoms with Crippen LogP contribution in [-0.2, 0) is 28.5 Å². The van der Waals surface area contributed by atoms with Gasteiger partial charge in [-0.15, -0.1) is 0 Å². The van der Waals surface area contributed by atoms with Gasteiger partial charge in [-0.25, -0.2) is 0 Å². The van der Waals surface area contributed by atoms with E-state index in [0.717, 1.165) is 0 Å². The number of hydrogen-bond donors (Lipinski definition) is 0. The Kier molecular flexibility index (Phi) is 3.91. The van der Waals surface area contributed by atoms with Gasteiger partial charge in [0.2, 0.25) is 0 Å². The fourth-order valence-corrected chi connectivity index (χ4v) is 2.36. The molecule has 0 aromatic heterocycles. The largest absolute Gasteiger partial charge is 0.457 e. The van der Waals surface area contributed by atoms with E-state index < -0.39 is 11.9 Å². The first kappa shape index (κ1) is 13.7. The number of methoxy groups -OCH3 is 1. The number of fused-ring (bicyclic) bond motifs is 1. The summed E-state index contributed by atoms with van der Waals surface area (Å²) in [6, 6.07) is 0. The Morgan fingerprint density at radius 2 is 2.06 bits per heavy atom. The summed E-state index contributed by atoms with van der Waals surface area (Å²) in [7, 11) is 1.58. The van der Waals surface area contributed by atoms with Crippen LogP contribution in [0, 0.1) is 0 Å². The monoisotopic (exact) mass is 260 g/mol. The van der Waals surface area contributed by atoms with Crippen molar-refractivity contribution in [2.75, 3.05) is 20.3 Å². The van der Waals surface area contributed by atoms with Gasteiger partial charge in [0.05, 0.1) is 13.2 Å². The quantitative estimate of drug-likeness (QED) is 0.673. The van der Waals surface area contributed by atoms with Crippen molar-refractivity contribution < 1.29 is 28.5 Å². The van der Waals surface area contributed by atoms with Crippen LogP contribution in [0.2, 0.25) is 0 Å². The van der Waals surface area contributed by atoms with Crippen molar-refractivity contribution in [1.82, 2.24) is 0 Å². The lowest BCUT2D eigenvalue weighted by molar-refractivity contribution is -0.349. The van der Waals surface area contributed by atoms with E-state index in [-0.39, 0.29) is 24.3 Å². The average molecular weight is 260 g/mol. The number of ether oxygens (including phenoxy) is 5. The molecule has 4 atom stereocenters. The highest BCUT2D eigenvalue weighted by atomic mass is 16.7. The molecule has 2 unspecified atom stereocenters. The lowest BCUT2D eigenvalue weighted by Gasteiger charge is -2.47. The summed E-state index contributed by atoms with van der Waals surface area (Å²) < 4.78 is 27.6. The highest BCUT2D eigenvalue weighted by Crippen LogP contribution is 2.32. The molecule has 0 aromatic carbocycles. The zero-order valence-corrected chi connectivity index (χ0v) is 11.2. The molecule has 0 aliphatic carbocycles. The Labute approximate surface area is 106 Å². The lowest BCUT2D eigenvalue weighted by atomic mass is 9.98. The van der Waals surface area contributed by atoms with Crippen LogP contribution < -0.4 is 0 Å². The molecule has 2 aliphatic rings. The lowest BCUT2D eigenvalue weighted by Crippen LogP contribution is -2.62. The van der Waals surface area contributed by atoms with Crippen LogP contribution in [0.5, 0.6) is 0 Å². The molecule has 104 valence electrons. The minimum Gasteiger partial charge on any atom is -0.457 e. The van der Waals surface area contributed by atoms with Crippen molar-refractivity contribution in [2.45, 2.75) is 51.0 Å². The van der Waals surface area contributed by atoms with Gasteiger partial charge >= 0.3 is 5.97 Å². The maximum Gasteiger partial charge on any atom is 0.303 e. The topological polar surface area (TPSA) is 63.2 Å². The van der Waals surface area contributed by atoms with Gasteiger partial charge in [-0.3, -0.25) is 4.79 Å². The van der Waals surface area contributed by atoms with Crippen molar-refractivity contribution in [1.29, 1.82) is 0 Å². The van der Waals surface area contributed by atoms with Crippen molar-refractivity contribution in [3.8, 4) is 0 Å². The molecule has 6 heteroatoms. The van der Waals surface area contributed by atoms with Gasteiger partial charge < -0.3 is 23.7 Å². The molecule has 0 N–H and O–H groups in total. The Balaban J connectivity index is 2.10. The maximum atomic E-state index is 11.1. The number of hydrogen-bond acceptors (Lipinski definition) is 6. The number of carbonyl (C=O) groups excluding carboxylic acids is 1. The maximum absolute atomic E-state index is 11.1. The van der Waals surface area contributed by atoms with Crippen LogP contribution in [0.4, 0.5) is 0 Å². The Bertz CT molecular complexity index is 316. The molecule has 0 aromatic rings. The van der Waals surface area contributed by atoms with Gasteiger partial charge in [0.25, 0.3) is 0 Å². The normalized spacial score (nSPS) is 38.9. The molecule has 0 bridgehead atoms. The molecular weight excluding hydrogens is 240 g/mol. The first-order chi connectivity index (χ1) is 8.43. The molecule has 6 nitrogen and oxygen atoms in total. The van der Waals surface area contributed by atoms with E-state index in [4.69, 9.17) is 23.7 Å². The molecule has 2 fully saturated rings. The molecule has 2 aliphatic heterocycles. The second-order valence-electron chi connectivity index (χ2n) is 5.01. The summed E-state index contributed by atoms with van der Waals surface area (Å²) in [5.74, 6) is -1.03. The van der Waals surface area contributed by atoms with E-state index in [9.17, 15) is 4.79 Å². The predicted octanol–water partition coefficient (Wildman–Crippen LogP) is 0.483. The summed E-state index contributed by atoms with van der Waals surface area (Å²) in [6.07, 6.45) is -1.26. The summed E-state index contributed by atoms with van der Waals surface area (Å²) in [4.78, 5) is 11.1. The third-order valence-corrected chi connectivity index (χ3v) is 3.14. The molecule has 0 saturated carbocycles. The Hall–Kier alpha value is -0.690. The van der Waals surface area contributed by atoms with E-state index in [1.165, 1.54) is 6.92 Å². The molecule has 2 heterocycles. The second kappa shape index (κ2) is 5.13. The van der Waals surface area contributed by atoms with Crippen LogP contribution >= 0.6 is 0 Å². The minimum absolute atomic E-state index is 0.185. The molecule has 0 amide bonds. The van der Waals surface area contributed by atoms with E-state index >= 15 is 0 Å². The van der Waals surface area contributed by atoms with Crippen LogP contribution in [0.15, 0.2) is 0 Å². The molecule has 2 saturated heterocycles. The van der Waals surface area contributed by atoms with Gasteiger partial charge in [0, 0.05) is 14.0 Å². The van der Waals surface area contributed by atoms with Gasteiger partial charge in [0.1, 0.15) is 18.3 Å². The smallest absolute Gasteiger partial charge is 0.303 e. The predicted molar refractivity (Wildman–Crippen MR) is 61.0 cm³/mol. The molecule has 0 spiro atoms. The van der Waals surface area contributed by atoms with Crippen molar-refractivity contribution in [3.05, 3.63) is 0 Å². The van der Waals surface area contributed by atoms with Crippen LogP contribution in [0.25, 0.3) is 0 Å². The first-order valence-corrected chi connectivity index (χ1v) is 6.06. The van der Waals surface area contributed by atoms with Crippen LogP contribution in [0.1, 0.15) is 20.8 Å². The third kappa shape index (κ3) is 2.83. The zero-order valence-electron chi connectivity index (χ0n) is 11.2. The SMILES string of the molecule is CO[C@@H]1C(OC(C)=O)COC2COC(C)(C)O[C@@H]21. The van der Waals surface area contributed by atoms with Gasteiger partial charge in [-0.1, -0.05) is 0 Å². The van der Waals surface area contributed by atoms with E-state index in [2.05, 4.69) is 0 Å². The first-order valence-electron chi connectivity index (χ1n) is 6.06. The second-order valence-corrected chi connectivity index (χ2v) is 5.01. The highest BCUT2D eigenvalue weighted by Gasteiger charge is 2.48. The van der Waals surface area contributed by atoms with Crippen LogP contribution in [-0.4, -0.2) is 56.5 Å². The Morgan fingerprint density at radius 3 is 2.67 bits per heavy atom. The fraction of sp³-hybridized carbons (Fsp3) is 0.917. The number of rotatable bonds is 2. The minimum atomic E-state index is -0.681. The standard InChI is InChI=1S/C12H20O6/c1-7(13)17-9-5-15-8-6-16-12(2,3)18-11(8)10(9)14-4/h8-11H,5-6H2,1-4H3/t8?,9?,10-,11+/m1/s1. The third-order valence-electron chi connectivity index (χ3n) is 3.14. The summed E-state index contributed by atoms with van der Waals surface area (Å²) in [5, 5.41) is 0. The molecule has 18 heavy (non-hydrogen) atoms. The summed E-state index contributed by atoms with van der Waals surface area (Å²) in [6.45, 7) is 5.79. The van der Waals surface area contributed by atoms with Crippen molar-refractivity contribution in [3.63, 3.8) is 0 Å². The average Bonchev–Trinajstić information content (AvgIpc) is 2.26. The van der Waals surface area contributed by atoms with Crippen LogP contribution in [0.3, 0.4) is 0 Å².